The molecule has 0 saturated carbocycles. The van der Waals surface area contributed by atoms with E-state index in [2.05, 4.69) is 4.98 Å². The molecule has 0 amide bonds. The molecule has 0 fully saturated rings. The number of carboxylic acids is 1. The summed E-state index contributed by atoms with van der Waals surface area (Å²) < 4.78 is 9.93. The third-order valence-corrected chi connectivity index (χ3v) is 1.85. The molecule has 0 aliphatic rings. The van der Waals surface area contributed by atoms with Crippen LogP contribution in [-0.2, 0) is 15.1 Å². The smallest absolute Gasteiger partial charge is 0.345 e. The molecule has 0 saturated heterocycles. The van der Waals surface area contributed by atoms with E-state index < -0.39 is 11.6 Å². The van der Waals surface area contributed by atoms with Gasteiger partial charge in [0.1, 0.15) is 5.76 Å². The maximum Gasteiger partial charge on any atom is 0.345 e. The van der Waals surface area contributed by atoms with Crippen molar-refractivity contribution in [2.24, 2.45) is 0 Å². The third kappa shape index (κ3) is 1.55. The molecule has 0 bridgehead atoms. The molecular weight excluding hydrogens is 174 g/mol. The molecule has 0 aromatic carbocycles. The molecular formula is C8H11NO4. The van der Waals surface area contributed by atoms with Gasteiger partial charge in [0.25, 0.3) is 0 Å². The zero-order valence-corrected chi connectivity index (χ0v) is 7.70. The van der Waals surface area contributed by atoms with Gasteiger partial charge in [-0.1, -0.05) is 0 Å². The number of aryl methyl sites for hydroxylation is 1. The fraction of sp³-hybridized carbons (Fsp3) is 0.500. The molecule has 0 aliphatic carbocycles. The van der Waals surface area contributed by atoms with E-state index in [-0.39, 0.29) is 5.89 Å². The van der Waals surface area contributed by atoms with Gasteiger partial charge in [-0.3, -0.25) is 0 Å². The Morgan fingerprint density at radius 3 is 2.69 bits per heavy atom. The van der Waals surface area contributed by atoms with Crippen molar-refractivity contribution < 1.29 is 19.1 Å². The second kappa shape index (κ2) is 3.18. The van der Waals surface area contributed by atoms with Gasteiger partial charge in [-0.15, -0.1) is 0 Å². The SMILES string of the molecule is COC(C)(C(=O)O)c1ncc(C)o1. The van der Waals surface area contributed by atoms with Crippen LogP contribution in [0.15, 0.2) is 10.6 Å². The minimum Gasteiger partial charge on any atom is -0.479 e. The highest BCUT2D eigenvalue weighted by atomic mass is 16.5. The summed E-state index contributed by atoms with van der Waals surface area (Å²) in [6.07, 6.45) is 1.45. The van der Waals surface area contributed by atoms with Crippen LogP contribution in [0.2, 0.25) is 0 Å². The number of rotatable bonds is 3. The van der Waals surface area contributed by atoms with Crippen molar-refractivity contribution >= 4 is 5.97 Å². The highest BCUT2D eigenvalue weighted by Gasteiger charge is 2.40. The van der Waals surface area contributed by atoms with E-state index in [1.54, 1.807) is 6.92 Å². The lowest BCUT2D eigenvalue weighted by Gasteiger charge is -2.18. The van der Waals surface area contributed by atoms with Crippen molar-refractivity contribution in [3.8, 4) is 0 Å². The zero-order chi connectivity index (χ0) is 10.1. The quantitative estimate of drug-likeness (QED) is 0.758. The summed E-state index contributed by atoms with van der Waals surface area (Å²) in [5.74, 6) is -0.517. The Kier molecular flexibility index (Phi) is 2.38. The minimum atomic E-state index is -1.51. The summed E-state index contributed by atoms with van der Waals surface area (Å²) in [5, 5.41) is 8.87. The van der Waals surface area contributed by atoms with Gasteiger partial charge >= 0.3 is 5.97 Å². The number of aromatic nitrogens is 1. The lowest BCUT2D eigenvalue weighted by Crippen LogP contribution is -2.34. The second-order valence-electron chi connectivity index (χ2n) is 2.82. The van der Waals surface area contributed by atoms with Gasteiger partial charge < -0.3 is 14.3 Å². The predicted octanol–water partition coefficient (Wildman–Crippen LogP) is 0.929. The monoisotopic (exact) mass is 185 g/mol. The number of oxazole rings is 1. The number of carbonyl (C=O) groups is 1. The summed E-state index contributed by atoms with van der Waals surface area (Å²) in [4.78, 5) is 14.6. The molecule has 1 atom stereocenters. The fourth-order valence-electron chi connectivity index (χ4n) is 0.841. The minimum absolute atomic E-state index is 0.0556. The van der Waals surface area contributed by atoms with Gasteiger partial charge in [0.05, 0.1) is 6.20 Å². The number of carboxylic acid groups (broad SMARTS) is 1. The first-order valence-corrected chi connectivity index (χ1v) is 3.72. The van der Waals surface area contributed by atoms with E-state index in [0.29, 0.717) is 5.76 Å². The Labute approximate surface area is 75.3 Å². The van der Waals surface area contributed by atoms with Gasteiger partial charge in [0, 0.05) is 7.11 Å². The maximum absolute atomic E-state index is 10.8. The van der Waals surface area contributed by atoms with E-state index >= 15 is 0 Å². The van der Waals surface area contributed by atoms with Crippen molar-refractivity contribution in [2.45, 2.75) is 19.4 Å². The van der Waals surface area contributed by atoms with Crippen molar-refractivity contribution in [1.82, 2.24) is 4.98 Å². The summed E-state index contributed by atoms with van der Waals surface area (Å²) in [7, 11) is 1.30. The topological polar surface area (TPSA) is 72.6 Å². The molecule has 1 aromatic heterocycles. The molecule has 0 radical (unpaired) electrons. The maximum atomic E-state index is 10.8. The number of nitrogens with zero attached hydrogens (tertiary/aromatic N) is 1. The summed E-state index contributed by atoms with van der Waals surface area (Å²) >= 11 is 0. The predicted molar refractivity (Wildman–Crippen MR) is 43.2 cm³/mol. The fourth-order valence-corrected chi connectivity index (χ4v) is 0.841. The van der Waals surface area contributed by atoms with Crippen LogP contribution in [0.4, 0.5) is 0 Å². The van der Waals surface area contributed by atoms with E-state index in [9.17, 15) is 4.79 Å². The second-order valence-corrected chi connectivity index (χ2v) is 2.82. The van der Waals surface area contributed by atoms with Gasteiger partial charge in [0.2, 0.25) is 11.5 Å². The highest BCUT2D eigenvalue weighted by molar-refractivity contribution is 5.77. The molecule has 5 nitrogen and oxygen atoms in total. The summed E-state index contributed by atoms with van der Waals surface area (Å²) in [6.45, 7) is 3.08. The molecule has 1 heterocycles. The number of ether oxygens (including phenoxy) is 1. The van der Waals surface area contributed by atoms with Crippen LogP contribution in [0.3, 0.4) is 0 Å². The average Bonchev–Trinajstić information content (AvgIpc) is 2.50. The molecule has 1 N–H and O–H groups in total. The number of hydrogen-bond donors (Lipinski definition) is 1. The standard InChI is InChI=1S/C8H11NO4/c1-5-4-9-6(13-5)8(2,12-3)7(10)11/h4H,1-3H3,(H,10,11). The third-order valence-electron chi connectivity index (χ3n) is 1.85. The molecule has 5 heteroatoms. The van der Waals surface area contributed by atoms with Crippen LogP contribution in [0.1, 0.15) is 18.6 Å². The Morgan fingerprint density at radius 2 is 2.38 bits per heavy atom. The van der Waals surface area contributed by atoms with Crippen LogP contribution in [-0.4, -0.2) is 23.2 Å². The lowest BCUT2D eigenvalue weighted by molar-refractivity contribution is -0.164. The van der Waals surface area contributed by atoms with E-state index in [1.807, 2.05) is 0 Å². The van der Waals surface area contributed by atoms with Crippen LogP contribution in [0.5, 0.6) is 0 Å². The highest BCUT2D eigenvalue weighted by Crippen LogP contribution is 2.24. The van der Waals surface area contributed by atoms with Crippen molar-refractivity contribution in [1.29, 1.82) is 0 Å². The number of methoxy groups -OCH3 is 1. The number of aliphatic carboxylic acids is 1. The number of hydrogen-bond acceptors (Lipinski definition) is 4. The average molecular weight is 185 g/mol. The first-order valence-electron chi connectivity index (χ1n) is 3.72. The molecule has 1 aromatic rings. The first kappa shape index (κ1) is 9.73. The lowest BCUT2D eigenvalue weighted by atomic mass is 10.1. The molecule has 1 unspecified atom stereocenters. The van der Waals surface area contributed by atoms with Crippen LogP contribution < -0.4 is 0 Å². The summed E-state index contributed by atoms with van der Waals surface area (Å²) in [6, 6.07) is 0. The van der Waals surface area contributed by atoms with Gasteiger partial charge in [0.15, 0.2) is 0 Å². The van der Waals surface area contributed by atoms with Crippen molar-refractivity contribution in [2.75, 3.05) is 7.11 Å². The molecule has 1 rings (SSSR count). The molecule has 72 valence electrons. The summed E-state index contributed by atoms with van der Waals surface area (Å²) in [5.41, 5.74) is -1.51. The Balaban J connectivity index is 3.09. The molecule has 0 spiro atoms. The van der Waals surface area contributed by atoms with Crippen molar-refractivity contribution in [3.63, 3.8) is 0 Å². The van der Waals surface area contributed by atoms with Gasteiger partial charge in [-0.25, -0.2) is 9.78 Å². The Bertz CT molecular complexity index is 320. The molecule has 0 aliphatic heterocycles. The van der Waals surface area contributed by atoms with Crippen LogP contribution in [0.25, 0.3) is 0 Å². The Morgan fingerprint density at radius 1 is 1.77 bits per heavy atom. The van der Waals surface area contributed by atoms with E-state index in [1.165, 1.54) is 20.2 Å². The normalized spacial score (nSPS) is 15.3. The van der Waals surface area contributed by atoms with Gasteiger partial charge in [-0.2, -0.15) is 0 Å². The zero-order valence-electron chi connectivity index (χ0n) is 7.70. The van der Waals surface area contributed by atoms with Crippen molar-refractivity contribution in [3.05, 3.63) is 17.8 Å². The van der Waals surface area contributed by atoms with E-state index in [4.69, 9.17) is 14.3 Å². The van der Waals surface area contributed by atoms with Crippen LogP contribution in [0, 0.1) is 6.92 Å². The Hall–Kier alpha value is -1.36. The van der Waals surface area contributed by atoms with E-state index in [0.717, 1.165) is 0 Å². The van der Waals surface area contributed by atoms with Gasteiger partial charge in [-0.05, 0) is 13.8 Å². The molecule has 13 heavy (non-hydrogen) atoms. The first-order chi connectivity index (χ1) is 6.00. The van der Waals surface area contributed by atoms with Crippen LogP contribution >= 0.6 is 0 Å². The largest absolute Gasteiger partial charge is 0.479 e.